The molecule has 2 aliphatic heterocycles. The van der Waals surface area contributed by atoms with Gasteiger partial charge in [0.15, 0.2) is 11.5 Å². The van der Waals surface area contributed by atoms with Gasteiger partial charge in [0, 0.05) is 37.4 Å². The van der Waals surface area contributed by atoms with Gasteiger partial charge in [0.1, 0.15) is 5.82 Å². The van der Waals surface area contributed by atoms with Crippen LogP contribution in [0.1, 0.15) is 5.56 Å². The van der Waals surface area contributed by atoms with Crippen molar-refractivity contribution >= 4 is 16.7 Å². The number of fused-ring (bicyclic) bond motifs is 2. The largest absolute Gasteiger partial charge is 0.454 e. The summed E-state index contributed by atoms with van der Waals surface area (Å²) >= 11 is 0. The summed E-state index contributed by atoms with van der Waals surface area (Å²) in [5, 5.41) is 0. The molecule has 0 amide bonds. The smallest absolute Gasteiger partial charge is 0.231 e. The molecule has 5 rings (SSSR count). The quantitative estimate of drug-likeness (QED) is 0.770. The van der Waals surface area contributed by atoms with Gasteiger partial charge in [-0.1, -0.05) is 0 Å². The molecule has 1 saturated heterocycles. The van der Waals surface area contributed by atoms with Crippen LogP contribution in [0.25, 0.3) is 22.4 Å². The van der Waals surface area contributed by atoms with Gasteiger partial charge in [-0.15, -0.1) is 0 Å². The van der Waals surface area contributed by atoms with Gasteiger partial charge in [0.25, 0.3) is 0 Å². The fourth-order valence-corrected chi connectivity index (χ4v) is 3.70. The van der Waals surface area contributed by atoms with E-state index in [-0.39, 0.29) is 6.79 Å². The third-order valence-corrected chi connectivity index (χ3v) is 5.28. The Balaban J connectivity index is 1.52. The molecule has 6 nitrogen and oxygen atoms in total. The van der Waals surface area contributed by atoms with Gasteiger partial charge >= 0.3 is 0 Å². The van der Waals surface area contributed by atoms with E-state index in [9.17, 15) is 0 Å². The molecule has 26 heavy (non-hydrogen) atoms. The van der Waals surface area contributed by atoms with Crippen molar-refractivity contribution in [2.75, 3.05) is 44.9 Å². The first kappa shape index (κ1) is 15.5. The van der Waals surface area contributed by atoms with Crippen LogP contribution in [0.4, 0.5) is 5.69 Å². The molecular weight excluding hydrogens is 328 g/mol. The Morgan fingerprint density at radius 3 is 2.65 bits per heavy atom. The Kier molecular flexibility index (Phi) is 3.53. The molecule has 6 heteroatoms. The van der Waals surface area contributed by atoms with Crippen LogP contribution in [-0.4, -0.2) is 54.9 Å². The molecule has 0 aliphatic carbocycles. The number of aryl methyl sites for hydroxylation is 1. The standard InChI is InChI=1S/C20H22N4O2/c1-13-9-15(24-7-5-23(2)6-8-24)11-16-19(13)22-20(21-16)14-3-4-17-18(10-14)26-12-25-17/h3-4,9-11H,5-8,12H2,1-2H3,(H,21,22). The highest BCUT2D eigenvalue weighted by Crippen LogP contribution is 2.36. The van der Waals surface area contributed by atoms with Crippen molar-refractivity contribution < 1.29 is 9.47 Å². The predicted octanol–water partition coefficient (Wildman–Crippen LogP) is 3.02. The van der Waals surface area contributed by atoms with Gasteiger partial charge in [-0.25, -0.2) is 4.98 Å². The zero-order chi connectivity index (χ0) is 17.7. The summed E-state index contributed by atoms with van der Waals surface area (Å²) < 4.78 is 10.9. The number of ether oxygens (including phenoxy) is 2. The minimum absolute atomic E-state index is 0.284. The Morgan fingerprint density at radius 1 is 1.00 bits per heavy atom. The van der Waals surface area contributed by atoms with Gasteiger partial charge in [-0.2, -0.15) is 0 Å². The molecule has 0 saturated carbocycles. The van der Waals surface area contributed by atoms with Crippen LogP contribution in [0.2, 0.25) is 0 Å². The number of likely N-dealkylation sites (N-methyl/N-ethyl adjacent to an activating group) is 1. The minimum Gasteiger partial charge on any atom is -0.454 e. The number of nitrogens with zero attached hydrogens (tertiary/aromatic N) is 3. The lowest BCUT2D eigenvalue weighted by Gasteiger charge is -2.34. The lowest BCUT2D eigenvalue weighted by Crippen LogP contribution is -2.44. The van der Waals surface area contributed by atoms with Crippen LogP contribution < -0.4 is 14.4 Å². The van der Waals surface area contributed by atoms with E-state index in [4.69, 9.17) is 14.5 Å². The lowest BCUT2D eigenvalue weighted by atomic mass is 10.1. The normalized spacial score (nSPS) is 17.2. The van der Waals surface area contributed by atoms with Crippen LogP contribution in [-0.2, 0) is 0 Å². The summed E-state index contributed by atoms with van der Waals surface area (Å²) in [5.41, 5.74) is 5.57. The third-order valence-electron chi connectivity index (χ3n) is 5.28. The van der Waals surface area contributed by atoms with E-state index in [1.807, 2.05) is 18.2 Å². The number of imidazole rings is 1. The molecule has 0 bridgehead atoms. The van der Waals surface area contributed by atoms with Crippen LogP contribution >= 0.6 is 0 Å². The number of nitrogens with one attached hydrogen (secondary N) is 1. The number of piperazine rings is 1. The zero-order valence-corrected chi connectivity index (χ0v) is 15.1. The second kappa shape index (κ2) is 5.92. The summed E-state index contributed by atoms with van der Waals surface area (Å²) in [6.45, 7) is 6.73. The van der Waals surface area contributed by atoms with E-state index in [2.05, 4.69) is 40.9 Å². The average Bonchev–Trinajstić information content (AvgIpc) is 3.28. The maximum absolute atomic E-state index is 5.49. The van der Waals surface area contributed by atoms with Gasteiger partial charge in [-0.3, -0.25) is 0 Å². The molecule has 0 unspecified atom stereocenters. The molecule has 3 aromatic rings. The highest BCUT2D eigenvalue weighted by molar-refractivity contribution is 5.86. The number of aromatic amines is 1. The molecule has 1 aromatic heterocycles. The van der Waals surface area contributed by atoms with E-state index in [1.165, 1.54) is 11.3 Å². The molecular formula is C20H22N4O2. The van der Waals surface area contributed by atoms with Gasteiger partial charge in [0.2, 0.25) is 6.79 Å². The van der Waals surface area contributed by atoms with Crippen LogP contribution in [0.3, 0.4) is 0 Å². The molecule has 0 radical (unpaired) electrons. The second-order valence-electron chi connectivity index (χ2n) is 7.10. The maximum atomic E-state index is 5.49. The Hall–Kier alpha value is -2.73. The van der Waals surface area contributed by atoms with Crippen LogP contribution in [0.5, 0.6) is 11.5 Å². The summed E-state index contributed by atoms with van der Waals surface area (Å²) in [7, 11) is 2.18. The molecule has 0 spiro atoms. The topological polar surface area (TPSA) is 53.6 Å². The molecule has 1 fully saturated rings. The number of H-pyrrole nitrogens is 1. The van der Waals surface area contributed by atoms with Crippen molar-refractivity contribution in [3.8, 4) is 22.9 Å². The zero-order valence-electron chi connectivity index (χ0n) is 15.1. The molecule has 3 heterocycles. The SMILES string of the molecule is Cc1cc(N2CCN(C)CC2)cc2[nH]c(-c3ccc4c(c3)OCO4)nc12. The van der Waals surface area contributed by atoms with E-state index in [0.29, 0.717) is 0 Å². The number of benzene rings is 2. The first-order valence-corrected chi connectivity index (χ1v) is 9.01. The third kappa shape index (κ3) is 2.57. The average molecular weight is 350 g/mol. The van der Waals surface area contributed by atoms with Gasteiger partial charge in [0.05, 0.1) is 11.0 Å². The van der Waals surface area contributed by atoms with Gasteiger partial charge in [-0.05, 0) is 49.9 Å². The van der Waals surface area contributed by atoms with E-state index >= 15 is 0 Å². The molecule has 2 aliphatic rings. The summed E-state index contributed by atoms with van der Waals surface area (Å²) in [4.78, 5) is 13.1. The fourth-order valence-electron chi connectivity index (χ4n) is 3.70. The Morgan fingerprint density at radius 2 is 1.81 bits per heavy atom. The monoisotopic (exact) mass is 350 g/mol. The minimum atomic E-state index is 0.284. The number of hydrogen-bond donors (Lipinski definition) is 1. The van der Waals surface area contributed by atoms with E-state index in [1.54, 1.807) is 0 Å². The maximum Gasteiger partial charge on any atom is 0.231 e. The highest BCUT2D eigenvalue weighted by Gasteiger charge is 2.18. The predicted molar refractivity (Wildman–Crippen MR) is 102 cm³/mol. The highest BCUT2D eigenvalue weighted by atomic mass is 16.7. The Bertz CT molecular complexity index is 973. The van der Waals surface area contributed by atoms with E-state index < -0.39 is 0 Å². The number of anilines is 1. The van der Waals surface area contributed by atoms with Crippen molar-refractivity contribution in [2.24, 2.45) is 0 Å². The van der Waals surface area contributed by atoms with Crippen molar-refractivity contribution in [3.05, 3.63) is 35.9 Å². The molecule has 0 atom stereocenters. The van der Waals surface area contributed by atoms with E-state index in [0.717, 1.165) is 60.1 Å². The lowest BCUT2D eigenvalue weighted by molar-refractivity contribution is 0.174. The first-order chi connectivity index (χ1) is 12.7. The number of aromatic nitrogens is 2. The summed E-state index contributed by atoms with van der Waals surface area (Å²) in [6, 6.07) is 10.4. The number of hydrogen-bond acceptors (Lipinski definition) is 5. The van der Waals surface area contributed by atoms with Crippen LogP contribution in [0, 0.1) is 6.92 Å². The van der Waals surface area contributed by atoms with Crippen molar-refractivity contribution in [2.45, 2.75) is 6.92 Å². The van der Waals surface area contributed by atoms with Crippen molar-refractivity contribution in [1.29, 1.82) is 0 Å². The van der Waals surface area contributed by atoms with Gasteiger partial charge < -0.3 is 24.3 Å². The Labute approximate surface area is 152 Å². The van der Waals surface area contributed by atoms with Crippen molar-refractivity contribution in [3.63, 3.8) is 0 Å². The molecule has 1 N–H and O–H groups in total. The van der Waals surface area contributed by atoms with Crippen LogP contribution in [0.15, 0.2) is 30.3 Å². The number of rotatable bonds is 2. The van der Waals surface area contributed by atoms with Crippen molar-refractivity contribution in [1.82, 2.24) is 14.9 Å². The summed E-state index contributed by atoms with van der Waals surface area (Å²) in [5.74, 6) is 2.42. The molecule has 2 aromatic carbocycles. The molecule has 134 valence electrons. The second-order valence-corrected chi connectivity index (χ2v) is 7.10. The summed E-state index contributed by atoms with van der Waals surface area (Å²) in [6.07, 6.45) is 0. The first-order valence-electron chi connectivity index (χ1n) is 9.01. The fraction of sp³-hybridized carbons (Fsp3) is 0.350.